The molecule has 0 radical (unpaired) electrons. The van der Waals surface area contributed by atoms with E-state index < -0.39 is 0 Å². The number of aliphatic hydroxyl groups is 1. The highest BCUT2D eigenvalue weighted by Gasteiger charge is 2.21. The monoisotopic (exact) mass is 410 g/mol. The largest absolute Gasteiger partial charge is 0.395 e. The molecule has 11 nitrogen and oxygen atoms in total. The number of aliphatic hydroxyl groups excluding tert-OH is 1. The third-order valence-corrected chi connectivity index (χ3v) is 5.82. The molecule has 2 fully saturated rings. The van der Waals surface area contributed by atoms with Crippen LogP contribution in [-0.4, -0.2) is 106 Å². The second-order valence-electron chi connectivity index (χ2n) is 7.60. The Bertz CT molecular complexity index is 961. The zero-order valence-corrected chi connectivity index (χ0v) is 16.9. The van der Waals surface area contributed by atoms with E-state index in [1.807, 2.05) is 12.1 Å². The van der Waals surface area contributed by atoms with Crippen LogP contribution in [0.5, 0.6) is 0 Å². The second-order valence-corrected chi connectivity index (χ2v) is 7.60. The highest BCUT2D eigenvalue weighted by molar-refractivity contribution is 5.49. The fourth-order valence-electron chi connectivity index (χ4n) is 4.05. The van der Waals surface area contributed by atoms with Gasteiger partial charge in [-0.05, 0) is 24.3 Å². The Labute approximate surface area is 174 Å². The molecule has 5 rings (SSSR count). The Morgan fingerprint density at radius 1 is 0.700 bits per heavy atom. The number of β-amino-alcohol motifs (C(OH)–C–C–N with tert-alkyl or cyclic N) is 1. The second kappa shape index (κ2) is 8.36. The number of aromatic nitrogens is 6. The molecule has 1 N–H and O–H groups in total. The van der Waals surface area contributed by atoms with Gasteiger partial charge in [-0.15, -0.1) is 25.5 Å². The van der Waals surface area contributed by atoms with Gasteiger partial charge in [0, 0.05) is 58.9 Å². The molecule has 2 aliphatic heterocycles. The van der Waals surface area contributed by atoms with Gasteiger partial charge in [-0.3, -0.25) is 4.90 Å². The highest BCUT2D eigenvalue weighted by Crippen LogP contribution is 2.20. The minimum Gasteiger partial charge on any atom is -0.395 e. The van der Waals surface area contributed by atoms with Crippen LogP contribution in [-0.2, 0) is 0 Å². The maximum Gasteiger partial charge on any atom is 0.177 e. The summed E-state index contributed by atoms with van der Waals surface area (Å²) in [5, 5.41) is 30.5. The average molecular weight is 410 g/mol. The molecule has 2 saturated heterocycles. The lowest BCUT2D eigenvalue weighted by atomic mass is 10.3. The SMILES string of the molecule is OCCN1CCN(c2ccc(N3CCN(c4ccc5nncn5n4)CC3)nn2)CC1. The third kappa shape index (κ3) is 3.85. The summed E-state index contributed by atoms with van der Waals surface area (Å²) in [6.07, 6.45) is 1.62. The van der Waals surface area contributed by atoms with Gasteiger partial charge in [0.05, 0.1) is 6.61 Å². The fraction of sp³-hybridized carbons (Fsp3) is 0.526. The number of hydrogen-bond donors (Lipinski definition) is 1. The van der Waals surface area contributed by atoms with E-state index in [2.05, 4.69) is 57.2 Å². The van der Waals surface area contributed by atoms with Crippen molar-refractivity contribution in [3.8, 4) is 0 Å². The first-order valence-electron chi connectivity index (χ1n) is 10.4. The standard InChI is InChI=1S/C19H26N10O/c30-14-13-25-5-7-26(8-6-25)16-1-2-17(23-22-16)27-9-11-28(12-10-27)19-4-3-18-21-20-15-29(18)24-19/h1-4,15,30H,5-14H2. The molecule has 30 heavy (non-hydrogen) atoms. The van der Waals surface area contributed by atoms with Crippen molar-refractivity contribution in [3.63, 3.8) is 0 Å². The van der Waals surface area contributed by atoms with Crippen LogP contribution in [0.2, 0.25) is 0 Å². The van der Waals surface area contributed by atoms with Gasteiger partial charge < -0.3 is 19.8 Å². The predicted octanol–water partition coefficient (Wildman–Crippen LogP) is -0.645. The molecule has 3 aromatic heterocycles. The molecule has 158 valence electrons. The van der Waals surface area contributed by atoms with E-state index in [-0.39, 0.29) is 6.61 Å². The molecule has 0 aromatic carbocycles. The predicted molar refractivity (Wildman–Crippen MR) is 113 cm³/mol. The Hall–Kier alpha value is -3.05. The van der Waals surface area contributed by atoms with Crippen molar-refractivity contribution in [1.29, 1.82) is 0 Å². The summed E-state index contributed by atoms with van der Waals surface area (Å²) in [4.78, 5) is 9.07. The van der Waals surface area contributed by atoms with E-state index in [1.165, 1.54) is 0 Å². The number of piperazine rings is 2. The van der Waals surface area contributed by atoms with Gasteiger partial charge in [-0.25, -0.2) is 0 Å². The Morgan fingerprint density at radius 3 is 1.87 bits per heavy atom. The zero-order chi connectivity index (χ0) is 20.3. The summed E-state index contributed by atoms with van der Waals surface area (Å²) < 4.78 is 1.70. The van der Waals surface area contributed by atoms with Crippen molar-refractivity contribution in [3.05, 3.63) is 30.6 Å². The van der Waals surface area contributed by atoms with Gasteiger partial charge in [0.1, 0.15) is 12.1 Å². The quantitative estimate of drug-likeness (QED) is 0.584. The van der Waals surface area contributed by atoms with Gasteiger partial charge in [0.25, 0.3) is 0 Å². The van der Waals surface area contributed by atoms with Crippen LogP contribution < -0.4 is 14.7 Å². The van der Waals surface area contributed by atoms with Gasteiger partial charge in [0.2, 0.25) is 0 Å². The molecule has 5 heterocycles. The number of anilines is 3. The Morgan fingerprint density at radius 2 is 1.27 bits per heavy atom. The molecule has 0 amide bonds. The summed E-state index contributed by atoms with van der Waals surface area (Å²) in [6.45, 7) is 8.16. The van der Waals surface area contributed by atoms with Gasteiger partial charge >= 0.3 is 0 Å². The summed E-state index contributed by atoms with van der Waals surface area (Å²) in [6, 6.07) is 8.07. The first-order valence-corrected chi connectivity index (χ1v) is 10.4. The number of hydrogen-bond acceptors (Lipinski definition) is 10. The molecular formula is C19H26N10O. The first kappa shape index (κ1) is 18.9. The molecule has 0 spiro atoms. The van der Waals surface area contributed by atoms with Crippen LogP contribution >= 0.6 is 0 Å². The van der Waals surface area contributed by atoms with E-state index in [1.54, 1.807) is 10.8 Å². The normalized spacial score (nSPS) is 18.4. The molecule has 0 atom stereocenters. The summed E-state index contributed by atoms with van der Waals surface area (Å²) >= 11 is 0. The lowest BCUT2D eigenvalue weighted by Gasteiger charge is -2.36. The minimum atomic E-state index is 0.215. The average Bonchev–Trinajstić information content (AvgIpc) is 3.28. The zero-order valence-electron chi connectivity index (χ0n) is 16.9. The summed E-state index contributed by atoms with van der Waals surface area (Å²) in [5.74, 6) is 2.77. The first-order chi connectivity index (χ1) is 14.8. The van der Waals surface area contributed by atoms with E-state index in [0.717, 1.165) is 82.0 Å². The Kier molecular flexibility index (Phi) is 5.28. The van der Waals surface area contributed by atoms with Crippen molar-refractivity contribution < 1.29 is 5.11 Å². The van der Waals surface area contributed by atoms with Crippen molar-refractivity contribution in [2.45, 2.75) is 0 Å². The fourth-order valence-corrected chi connectivity index (χ4v) is 4.05. The maximum absolute atomic E-state index is 9.08. The maximum atomic E-state index is 9.08. The van der Waals surface area contributed by atoms with Crippen molar-refractivity contribution in [2.75, 3.05) is 80.2 Å². The third-order valence-electron chi connectivity index (χ3n) is 5.82. The number of nitrogens with zero attached hydrogens (tertiary/aromatic N) is 10. The van der Waals surface area contributed by atoms with Crippen LogP contribution in [0.25, 0.3) is 5.65 Å². The molecule has 0 aliphatic carbocycles. The van der Waals surface area contributed by atoms with Crippen LogP contribution in [0, 0.1) is 0 Å². The van der Waals surface area contributed by atoms with E-state index in [0.29, 0.717) is 0 Å². The Balaban J connectivity index is 1.17. The summed E-state index contributed by atoms with van der Waals surface area (Å²) in [7, 11) is 0. The van der Waals surface area contributed by atoms with Crippen molar-refractivity contribution in [1.82, 2.24) is 34.9 Å². The van der Waals surface area contributed by atoms with E-state index in [9.17, 15) is 0 Å². The van der Waals surface area contributed by atoms with E-state index >= 15 is 0 Å². The molecule has 0 bridgehead atoms. The van der Waals surface area contributed by atoms with Crippen LogP contribution in [0.4, 0.5) is 17.5 Å². The number of rotatable bonds is 5. The molecule has 2 aliphatic rings. The van der Waals surface area contributed by atoms with Gasteiger partial charge in [-0.1, -0.05) is 0 Å². The minimum absolute atomic E-state index is 0.215. The molecular weight excluding hydrogens is 384 g/mol. The summed E-state index contributed by atoms with van der Waals surface area (Å²) in [5.41, 5.74) is 0.752. The van der Waals surface area contributed by atoms with Crippen molar-refractivity contribution in [2.24, 2.45) is 0 Å². The molecule has 11 heteroatoms. The topological polar surface area (TPSA) is 102 Å². The lowest BCUT2D eigenvalue weighted by Crippen LogP contribution is -2.48. The smallest absolute Gasteiger partial charge is 0.177 e. The highest BCUT2D eigenvalue weighted by atomic mass is 16.3. The molecule has 0 saturated carbocycles. The number of fused-ring (bicyclic) bond motifs is 1. The van der Waals surface area contributed by atoms with E-state index in [4.69, 9.17) is 5.11 Å². The lowest BCUT2D eigenvalue weighted by molar-refractivity contribution is 0.188. The van der Waals surface area contributed by atoms with Crippen molar-refractivity contribution >= 4 is 23.1 Å². The van der Waals surface area contributed by atoms with Crippen LogP contribution in [0.15, 0.2) is 30.6 Å². The van der Waals surface area contributed by atoms with Gasteiger partial charge in [0.15, 0.2) is 17.3 Å². The van der Waals surface area contributed by atoms with Gasteiger partial charge in [-0.2, -0.15) is 4.52 Å². The molecule has 0 unspecified atom stereocenters. The van der Waals surface area contributed by atoms with Crippen LogP contribution in [0.1, 0.15) is 0 Å². The molecule has 3 aromatic rings. The van der Waals surface area contributed by atoms with Crippen LogP contribution in [0.3, 0.4) is 0 Å².